The molecule has 2 aliphatic rings. The van der Waals surface area contributed by atoms with Gasteiger partial charge in [-0.1, -0.05) is 35.4 Å². The fourth-order valence-electron chi connectivity index (χ4n) is 3.84. The fourth-order valence-corrected chi connectivity index (χ4v) is 4.03. The van der Waals surface area contributed by atoms with Gasteiger partial charge in [-0.2, -0.15) is 0 Å². The van der Waals surface area contributed by atoms with E-state index in [0.717, 1.165) is 37.4 Å². The van der Waals surface area contributed by atoms with Gasteiger partial charge in [0, 0.05) is 30.2 Å². The molecule has 126 valence electrons. The molecular formula is C20H22Cl2N2. The summed E-state index contributed by atoms with van der Waals surface area (Å²) in [5.74, 6) is 0.287. The maximum atomic E-state index is 6.26. The van der Waals surface area contributed by atoms with Gasteiger partial charge in [0.25, 0.3) is 0 Å². The lowest BCUT2D eigenvalue weighted by molar-refractivity contribution is 0.355. The zero-order valence-corrected chi connectivity index (χ0v) is 15.4. The topological polar surface area (TPSA) is 16.1 Å². The van der Waals surface area contributed by atoms with Crippen LogP contribution in [0.1, 0.15) is 34.7 Å². The highest BCUT2D eigenvalue weighted by Crippen LogP contribution is 2.40. The lowest BCUT2D eigenvalue weighted by Crippen LogP contribution is -2.26. The van der Waals surface area contributed by atoms with E-state index in [4.69, 9.17) is 16.6 Å². The Kier molecular flexibility index (Phi) is 5.29. The number of fused-ring (bicyclic) bond motifs is 2. The second kappa shape index (κ2) is 7.26. The Hall–Kier alpha value is -1.35. The molecule has 0 radical (unpaired) electrons. The van der Waals surface area contributed by atoms with Gasteiger partial charge >= 0.3 is 0 Å². The zero-order valence-electron chi connectivity index (χ0n) is 13.8. The number of likely N-dealkylation sites (N-methyl/N-ethyl adjacent to an activating group) is 1. The standard InChI is InChI=1S/C20H21ClN2.ClH/c1-23-11-8-14(9-12-23)19-18-7-6-17(21)13-16(18)5-4-15-3-2-10-22-20(15)19;/h2-3,6-8,10,13,19H,4-5,9,11-12H2,1H3;1H. The van der Waals surface area contributed by atoms with Gasteiger partial charge in [-0.25, -0.2) is 0 Å². The Morgan fingerprint density at radius 2 is 1.96 bits per heavy atom. The molecule has 0 saturated heterocycles. The molecule has 1 atom stereocenters. The normalized spacial score (nSPS) is 20.2. The molecule has 1 aliphatic carbocycles. The third-order valence-electron chi connectivity index (χ3n) is 5.10. The van der Waals surface area contributed by atoms with Crippen molar-refractivity contribution in [3.8, 4) is 0 Å². The van der Waals surface area contributed by atoms with Gasteiger partial charge in [0.15, 0.2) is 0 Å². The van der Waals surface area contributed by atoms with Crippen molar-refractivity contribution in [2.45, 2.75) is 25.2 Å². The van der Waals surface area contributed by atoms with Gasteiger partial charge < -0.3 is 4.90 Å². The maximum absolute atomic E-state index is 6.26. The summed E-state index contributed by atoms with van der Waals surface area (Å²) in [7, 11) is 2.18. The molecule has 0 amide bonds. The van der Waals surface area contributed by atoms with Crippen LogP contribution >= 0.6 is 24.0 Å². The minimum absolute atomic E-state index is 0. The van der Waals surface area contributed by atoms with Gasteiger partial charge in [0.05, 0.1) is 5.69 Å². The lowest BCUT2D eigenvalue weighted by Gasteiger charge is -2.28. The molecular weight excluding hydrogens is 339 g/mol. The average Bonchev–Trinajstić information content (AvgIpc) is 2.72. The van der Waals surface area contributed by atoms with E-state index in [2.05, 4.69) is 42.3 Å². The van der Waals surface area contributed by atoms with Crippen LogP contribution in [-0.4, -0.2) is 30.0 Å². The summed E-state index contributed by atoms with van der Waals surface area (Å²) >= 11 is 6.26. The molecule has 4 heteroatoms. The summed E-state index contributed by atoms with van der Waals surface area (Å²) in [6.45, 7) is 2.14. The van der Waals surface area contributed by atoms with E-state index < -0.39 is 0 Å². The first-order valence-corrected chi connectivity index (χ1v) is 8.70. The van der Waals surface area contributed by atoms with Gasteiger partial charge in [0.2, 0.25) is 0 Å². The van der Waals surface area contributed by atoms with E-state index in [-0.39, 0.29) is 18.3 Å². The molecule has 2 nitrogen and oxygen atoms in total. The predicted molar refractivity (Wildman–Crippen MR) is 102 cm³/mol. The summed E-state index contributed by atoms with van der Waals surface area (Å²) in [5.41, 5.74) is 6.89. The number of benzene rings is 1. The second-order valence-corrected chi connectivity index (χ2v) is 7.05. The minimum atomic E-state index is 0. The average molecular weight is 361 g/mol. The number of aryl methyl sites for hydroxylation is 2. The number of aromatic nitrogens is 1. The number of halogens is 2. The molecule has 1 aliphatic heterocycles. The Morgan fingerprint density at radius 3 is 2.75 bits per heavy atom. The van der Waals surface area contributed by atoms with Crippen molar-refractivity contribution in [2.24, 2.45) is 0 Å². The van der Waals surface area contributed by atoms with E-state index in [1.54, 1.807) is 0 Å². The number of hydrogen-bond acceptors (Lipinski definition) is 2. The lowest BCUT2D eigenvalue weighted by atomic mass is 9.82. The molecule has 0 N–H and O–H groups in total. The van der Waals surface area contributed by atoms with Crippen LogP contribution in [0, 0.1) is 0 Å². The highest BCUT2D eigenvalue weighted by Gasteiger charge is 2.28. The van der Waals surface area contributed by atoms with E-state index in [1.807, 2.05) is 12.3 Å². The Bertz CT molecular complexity index is 770. The van der Waals surface area contributed by atoms with Crippen LogP contribution in [0.2, 0.25) is 5.02 Å². The second-order valence-electron chi connectivity index (χ2n) is 6.62. The molecule has 1 aromatic carbocycles. The molecule has 0 fully saturated rings. The summed E-state index contributed by atoms with van der Waals surface area (Å²) in [6.07, 6.45) is 7.52. The summed E-state index contributed by atoms with van der Waals surface area (Å²) in [6, 6.07) is 10.7. The van der Waals surface area contributed by atoms with E-state index in [1.165, 1.54) is 28.0 Å². The van der Waals surface area contributed by atoms with Crippen LogP contribution in [0.5, 0.6) is 0 Å². The third kappa shape index (κ3) is 3.23. The van der Waals surface area contributed by atoms with Crippen molar-refractivity contribution in [1.82, 2.24) is 9.88 Å². The smallest absolute Gasteiger partial charge is 0.0551 e. The molecule has 1 unspecified atom stereocenters. The highest BCUT2D eigenvalue weighted by molar-refractivity contribution is 6.30. The largest absolute Gasteiger partial charge is 0.302 e. The number of rotatable bonds is 1. The molecule has 2 heterocycles. The minimum Gasteiger partial charge on any atom is -0.302 e. The zero-order chi connectivity index (χ0) is 15.8. The molecule has 0 saturated carbocycles. The van der Waals surface area contributed by atoms with Crippen molar-refractivity contribution in [3.63, 3.8) is 0 Å². The number of hydrogen-bond donors (Lipinski definition) is 0. The van der Waals surface area contributed by atoms with Gasteiger partial charge in [-0.15, -0.1) is 12.4 Å². The van der Waals surface area contributed by atoms with Crippen molar-refractivity contribution in [2.75, 3.05) is 20.1 Å². The van der Waals surface area contributed by atoms with E-state index in [0.29, 0.717) is 0 Å². The van der Waals surface area contributed by atoms with Gasteiger partial charge in [-0.05, 0) is 61.2 Å². The van der Waals surface area contributed by atoms with Crippen molar-refractivity contribution >= 4 is 24.0 Å². The van der Waals surface area contributed by atoms with Crippen LogP contribution in [0.3, 0.4) is 0 Å². The molecule has 0 spiro atoms. The molecule has 2 aromatic rings. The van der Waals surface area contributed by atoms with Crippen molar-refractivity contribution in [1.29, 1.82) is 0 Å². The molecule has 4 rings (SSSR count). The highest BCUT2D eigenvalue weighted by atomic mass is 35.5. The van der Waals surface area contributed by atoms with Crippen molar-refractivity contribution in [3.05, 3.63) is 75.6 Å². The number of nitrogens with zero attached hydrogens (tertiary/aromatic N) is 2. The van der Waals surface area contributed by atoms with E-state index in [9.17, 15) is 0 Å². The quantitative estimate of drug-likeness (QED) is 0.688. The van der Waals surface area contributed by atoms with Gasteiger partial charge in [0.1, 0.15) is 0 Å². The summed E-state index contributed by atoms with van der Waals surface area (Å²) < 4.78 is 0. The summed E-state index contributed by atoms with van der Waals surface area (Å²) in [4.78, 5) is 7.15. The first-order chi connectivity index (χ1) is 11.2. The number of pyridine rings is 1. The third-order valence-corrected chi connectivity index (χ3v) is 5.33. The Balaban J connectivity index is 0.00000169. The van der Waals surface area contributed by atoms with Crippen LogP contribution in [-0.2, 0) is 12.8 Å². The van der Waals surface area contributed by atoms with Crippen LogP contribution in [0.25, 0.3) is 0 Å². The predicted octanol–water partition coefficient (Wildman–Crippen LogP) is 4.65. The molecule has 24 heavy (non-hydrogen) atoms. The molecule has 0 bridgehead atoms. The Labute approximate surface area is 155 Å². The van der Waals surface area contributed by atoms with Crippen LogP contribution in [0.15, 0.2) is 48.2 Å². The summed E-state index contributed by atoms with van der Waals surface area (Å²) in [5, 5.41) is 0.832. The Morgan fingerprint density at radius 1 is 1.12 bits per heavy atom. The first kappa shape index (κ1) is 17.5. The maximum Gasteiger partial charge on any atom is 0.0551 e. The van der Waals surface area contributed by atoms with Crippen LogP contribution < -0.4 is 0 Å². The fraction of sp³-hybridized carbons (Fsp3) is 0.350. The first-order valence-electron chi connectivity index (χ1n) is 8.32. The van der Waals surface area contributed by atoms with Crippen LogP contribution in [0.4, 0.5) is 0 Å². The van der Waals surface area contributed by atoms with Crippen molar-refractivity contribution < 1.29 is 0 Å². The monoisotopic (exact) mass is 360 g/mol. The molecule has 1 aromatic heterocycles. The van der Waals surface area contributed by atoms with E-state index >= 15 is 0 Å². The SMILES string of the molecule is CN1CC=C(C2c3ccc(Cl)cc3CCc3cccnc32)CC1.Cl. The van der Waals surface area contributed by atoms with Gasteiger partial charge in [-0.3, -0.25) is 4.98 Å².